The summed E-state index contributed by atoms with van der Waals surface area (Å²) in [6, 6.07) is 0. The van der Waals surface area contributed by atoms with Gasteiger partial charge in [-0.1, -0.05) is 40.0 Å². The van der Waals surface area contributed by atoms with Crippen molar-refractivity contribution in [3.05, 3.63) is 6.92 Å². The van der Waals surface area contributed by atoms with E-state index in [0.29, 0.717) is 5.54 Å². The highest BCUT2D eigenvalue weighted by Gasteiger charge is 2.23. The number of unbranched alkanes of at least 4 members (excludes halogenated alkanes) is 1. The second-order valence-electron chi connectivity index (χ2n) is 3.59. The molecule has 0 fully saturated rings. The highest BCUT2D eigenvalue weighted by molar-refractivity contribution is 4.85. The van der Waals surface area contributed by atoms with Gasteiger partial charge in [0, 0.05) is 5.54 Å². The first-order valence-electron chi connectivity index (χ1n) is 5.22. The average molecular weight is 170 g/mol. The van der Waals surface area contributed by atoms with Gasteiger partial charge in [-0.2, -0.15) is 0 Å². The number of nitrogens with one attached hydrogen (secondary N) is 1. The lowest BCUT2D eigenvalue weighted by Crippen LogP contribution is -2.42. The number of hydrogen-bond acceptors (Lipinski definition) is 1. The molecule has 73 valence electrons. The summed E-state index contributed by atoms with van der Waals surface area (Å²) in [5, 5.41) is 3.46. The third kappa shape index (κ3) is 3.57. The van der Waals surface area contributed by atoms with Crippen LogP contribution in [-0.4, -0.2) is 12.6 Å². The first kappa shape index (κ1) is 12.0. The van der Waals surface area contributed by atoms with Gasteiger partial charge in [0.05, 0.1) is 0 Å². The van der Waals surface area contributed by atoms with Gasteiger partial charge < -0.3 is 5.32 Å². The molecule has 0 aliphatic rings. The fraction of sp³-hybridized carbons (Fsp3) is 0.909. The molecule has 1 unspecified atom stereocenters. The zero-order valence-electron chi connectivity index (χ0n) is 8.95. The van der Waals surface area contributed by atoms with Crippen LogP contribution >= 0.6 is 0 Å². The molecule has 0 aliphatic heterocycles. The standard InChI is InChI=1S/C11H24N/c1-5-8-10-11(7-3,12-4)9-6-2/h12H,2,5-10H2,1,3-4H3. The predicted molar refractivity (Wildman–Crippen MR) is 56.2 cm³/mol. The molecule has 1 atom stereocenters. The van der Waals surface area contributed by atoms with Gasteiger partial charge in [0.2, 0.25) is 0 Å². The fourth-order valence-electron chi connectivity index (χ4n) is 1.76. The van der Waals surface area contributed by atoms with Crippen LogP contribution in [0.25, 0.3) is 0 Å². The molecule has 0 saturated carbocycles. The topological polar surface area (TPSA) is 12.0 Å². The van der Waals surface area contributed by atoms with Crippen LogP contribution in [0.3, 0.4) is 0 Å². The van der Waals surface area contributed by atoms with Crippen LogP contribution in [0.1, 0.15) is 52.4 Å². The van der Waals surface area contributed by atoms with Gasteiger partial charge >= 0.3 is 0 Å². The third-order valence-corrected chi connectivity index (χ3v) is 2.87. The van der Waals surface area contributed by atoms with E-state index in [9.17, 15) is 0 Å². The summed E-state index contributed by atoms with van der Waals surface area (Å²) >= 11 is 0. The minimum atomic E-state index is 0.373. The van der Waals surface area contributed by atoms with Crippen LogP contribution in [0.5, 0.6) is 0 Å². The van der Waals surface area contributed by atoms with Gasteiger partial charge in [-0.05, 0) is 26.3 Å². The summed E-state index contributed by atoms with van der Waals surface area (Å²) in [4.78, 5) is 0. The molecule has 1 nitrogen and oxygen atoms in total. The van der Waals surface area contributed by atoms with Gasteiger partial charge in [-0.3, -0.25) is 0 Å². The predicted octanol–water partition coefficient (Wildman–Crippen LogP) is 3.16. The van der Waals surface area contributed by atoms with E-state index in [-0.39, 0.29) is 0 Å². The Balaban J connectivity index is 3.95. The first-order valence-corrected chi connectivity index (χ1v) is 5.22. The van der Waals surface area contributed by atoms with Crippen molar-refractivity contribution >= 4 is 0 Å². The Morgan fingerprint density at radius 3 is 2.25 bits per heavy atom. The molecule has 0 aromatic rings. The van der Waals surface area contributed by atoms with E-state index in [0.717, 1.165) is 6.42 Å². The summed E-state index contributed by atoms with van der Waals surface area (Å²) in [5.74, 6) is 0. The van der Waals surface area contributed by atoms with Crippen molar-refractivity contribution in [3.8, 4) is 0 Å². The van der Waals surface area contributed by atoms with Crippen LogP contribution in [0.4, 0.5) is 0 Å². The maximum Gasteiger partial charge on any atom is 0.0175 e. The molecule has 0 aliphatic carbocycles. The smallest absolute Gasteiger partial charge is 0.0175 e. The van der Waals surface area contributed by atoms with E-state index in [2.05, 4.69) is 33.1 Å². The van der Waals surface area contributed by atoms with Gasteiger partial charge in [-0.25, -0.2) is 0 Å². The van der Waals surface area contributed by atoms with Crippen LogP contribution < -0.4 is 5.32 Å². The Bertz CT molecular complexity index is 95.2. The summed E-state index contributed by atoms with van der Waals surface area (Å²) in [5.41, 5.74) is 0.373. The Labute approximate surface area is 77.9 Å². The quantitative estimate of drug-likeness (QED) is 0.619. The highest BCUT2D eigenvalue weighted by atomic mass is 14.9. The normalized spacial score (nSPS) is 16.0. The van der Waals surface area contributed by atoms with E-state index < -0.39 is 0 Å². The van der Waals surface area contributed by atoms with Crippen molar-refractivity contribution in [2.24, 2.45) is 0 Å². The molecule has 1 N–H and O–H groups in total. The number of hydrogen-bond donors (Lipinski definition) is 1. The third-order valence-electron chi connectivity index (χ3n) is 2.87. The molecule has 0 saturated heterocycles. The van der Waals surface area contributed by atoms with Crippen LogP contribution in [-0.2, 0) is 0 Å². The maximum absolute atomic E-state index is 3.93. The van der Waals surface area contributed by atoms with E-state index in [1.165, 1.54) is 32.1 Å². The van der Waals surface area contributed by atoms with Gasteiger partial charge in [0.15, 0.2) is 0 Å². The molecule has 1 radical (unpaired) electrons. The monoisotopic (exact) mass is 170 g/mol. The Morgan fingerprint density at radius 2 is 1.92 bits per heavy atom. The fourth-order valence-corrected chi connectivity index (χ4v) is 1.76. The van der Waals surface area contributed by atoms with E-state index in [1.807, 2.05) is 0 Å². The lowest BCUT2D eigenvalue weighted by Gasteiger charge is -2.32. The number of rotatable bonds is 7. The van der Waals surface area contributed by atoms with Gasteiger partial charge in [0.25, 0.3) is 0 Å². The molecule has 0 bridgehead atoms. The van der Waals surface area contributed by atoms with Gasteiger partial charge in [-0.15, -0.1) is 0 Å². The van der Waals surface area contributed by atoms with E-state index in [4.69, 9.17) is 0 Å². The summed E-state index contributed by atoms with van der Waals surface area (Å²) < 4.78 is 0. The first-order chi connectivity index (χ1) is 5.74. The van der Waals surface area contributed by atoms with Crippen LogP contribution in [0, 0.1) is 6.92 Å². The summed E-state index contributed by atoms with van der Waals surface area (Å²) in [6.07, 6.45) is 7.39. The second kappa shape index (κ2) is 6.47. The Morgan fingerprint density at radius 1 is 1.25 bits per heavy atom. The zero-order chi connectivity index (χ0) is 9.45. The van der Waals surface area contributed by atoms with E-state index in [1.54, 1.807) is 0 Å². The Hall–Kier alpha value is -0.0400. The highest BCUT2D eigenvalue weighted by Crippen LogP contribution is 2.23. The van der Waals surface area contributed by atoms with E-state index >= 15 is 0 Å². The summed E-state index contributed by atoms with van der Waals surface area (Å²) in [7, 11) is 2.08. The second-order valence-corrected chi connectivity index (χ2v) is 3.59. The Kier molecular flexibility index (Phi) is 6.45. The molecule has 0 heterocycles. The minimum Gasteiger partial charge on any atom is -0.314 e. The van der Waals surface area contributed by atoms with Crippen molar-refractivity contribution in [1.82, 2.24) is 5.32 Å². The van der Waals surface area contributed by atoms with Crippen molar-refractivity contribution in [3.63, 3.8) is 0 Å². The summed E-state index contributed by atoms with van der Waals surface area (Å²) in [6.45, 7) is 8.45. The van der Waals surface area contributed by atoms with Gasteiger partial charge in [0.1, 0.15) is 0 Å². The van der Waals surface area contributed by atoms with Crippen molar-refractivity contribution in [1.29, 1.82) is 0 Å². The average Bonchev–Trinajstić information content (AvgIpc) is 2.13. The van der Waals surface area contributed by atoms with Crippen LogP contribution in [0.2, 0.25) is 0 Å². The molecule has 1 heteroatoms. The SMILES string of the molecule is [CH2]CCC(CC)(CCCC)NC. The van der Waals surface area contributed by atoms with Crippen molar-refractivity contribution in [2.45, 2.75) is 57.9 Å². The minimum absolute atomic E-state index is 0.373. The lowest BCUT2D eigenvalue weighted by molar-refractivity contribution is 0.284. The van der Waals surface area contributed by atoms with Crippen LogP contribution in [0.15, 0.2) is 0 Å². The molecule has 0 spiro atoms. The molecular formula is C11H24N. The van der Waals surface area contributed by atoms with Crippen molar-refractivity contribution in [2.75, 3.05) is 7.05 Å². The lowest BCUT2D eigenvalue weighted by atomic mass is 9.85. The maximum atomic E-state index is 3.93. The molecule has 0 aromatic heterocycles. The molecule has 0 rings (SSSR count). The molecule has 0 amide bonds. The largest absolute Gasteiger partial charge is 0.314 e. The zero-order valence-corrected chi connectivity index (χ0v) is 8.95. The molecule has 0 aromatic carbocycles. The molecule has 12 heavy (non-hydrogen) atoms. The van der Waals surface area contributed by atoms with Crippen molar-refractivity contribution < 1.29 is 0 Å². The molecular weight excluding hydrogens is 146 g/mol.